The molecule has 0 aromatic carbocycles. The van der Waals surface area contributed by atoms with Crippen LogP contribution in [-0.2, 0) is 14.3 Å². The second-order valence-corrected chi connectivity index (χ2v) is 3.21. The number of esters is 1. The lowest BCUT2D eigenvalue weighted by atomic mass is 10.3. The molecule has 0 aliphatic carbocycles. The molecule has 6 nitrogen and oxygen atoms in total. The number of amides is 1. The average molecular weight is 254 g/mol. The van der Waals surface area contributed by atoms with E-state index in [1.165, 1.54) is 12.3 Å². The molecule has 88 valence electrons. The van der Waals surface area contributed by atoms with Crippen molar-refractivity contribution < 1.29 is 14.3 Å². The highest BCUT2D eigenvalue weighted by atomic mass is 35.5. The van der Waals surface area contributed by atoms with Gasteiger partial charge in [-0.2, -0.15) is 5.26 Å². The molecule has 0 saturated heterocycles. The van der Waals surface area contributed by atoms with Crippen molar-refractivity contribution in [3.8, 4) is 6.07 Å². The largest absolute Gasteiger partial charge is 0.459 e. The number of rotatable bonds is 2. The summed E-state index contributed by atoms with van der Waals surface area (Å²) in [6.45, 7) is 1.69. The molecule has 1 N–H and O–H groups in total. The Hall–Kier alpha value is -2.13. The summed E-state index contributed by atoms with van der Waals surface area (Å²) in [5, 5.41) is 11.0. The average Bonchev–Trinajstić information content (AvgIpc) is 2.31. The molecule has 1 heterocycles. The number of nitriles is 1. The van der Waals surface area contributed by atoms with E-state index < -0.39 is 11.9 Å². The third kappa shape index (κ3) is 3.43. The van der Waals surface area contributed by atoms with Crippen molar-refractivity contribution in [2.24, 2.45) is 0 Å². The Morgan fingerprint density at radius 1 is 1.65 bits per heavy atom. The third-order valence-corrected chi connectivity index (χ3v) is 1.98. The van der Waals surface area contributed by atoms with Crippen molar-refractivity contribution in [3.05, 3.63) is 23.0 Å². The van der Waals surface area contributed by atoms with E-state index in [4.69, 9.17) is 16.9 Å². The van der Waals surface area contributed by atoms with Crippen molar-refractivity contribution in [1.82, 2.24) is 4.98 Å². The van der Waals surface area contributed by atoms with Crippen LogP contribution in [0, 0.1) is 11.3 Å². The highest BCUT2D eigenvalue weighted by Gasteiger charge is 2.15. The summed E-state index contributed by atoms with van der Waals surface area (Å²) in [5.74, 6) is -1.93. The molecule has 0 bridgehead atoms. The molecular weight excluding hydrogens is 246 g/mol. The second kappa shape index (κ2) is 5.82. The lowest BCUT2D eigenvalue weighted by Crippen LogP contribution is -2.25. The highest BCUT2D eigenvalue weighted by molar-refractivity contribution is 6.37. The molecule has 0 unspecified atom stereocenters. The SMILES string of the molecule is CCOC(=O)C(=O)Nc1cnc(Cl)c(C#N)c1. The quantitative estimate of drug-likeness (QED) is 0.484. The Morgan fingerprint density at radius 2 is 2.35 bits per heavy atom. The first-order chi connectivity index (χ1) is 8.08. The molecule has 7 heteroatoms. The minimum Gasteiger partial charge on any atom is -0.459 e. The Kier molecular flexibility index (Phi) is 4.43. The number of anilines is 1. The van der Waals surface area contributed by atoms with Crippen LogP contribution in [0.15, 0.2) is 12.3 Å². The molecule has 0 atom stereocenters. The molecule has 1 amide bonds. The number of halogens is 1. The van der Waals surface area contributed by atoms with Crippen LogP contribution in [0.2, 0.25) is 5.15 Å². The number of carbonyl (C=O) groups is 2. The number of nitrogens with one attached hydrogen (secondary N) is 1. The standard InChI is InChI=1S/C10H8ClN3O3/c1-2-17-10(16)9(15)14-7-3-6(4-12)8(11)13-5-7/h3,5H,2H2,1H3,(H,14,15). The first-order valence-electron chi connectivity index (χ1n) is 4.62. The number of ether oxygens (including phenoxy) is 1. The first kappa shape index (κ1) is 12.9. The lowest BCUT2D eigenvalue weighted by molar-refractivity contribution is -0.152. The van der Waals surface area contributed by atoms with Gasteiger partial charge in [0.2, 0.25) is 0 Å². The Morgan fingerprint density at radius 3 is 2.94 bits per heavy atom. The number of hydrogen-bond donors (Lipinski definition) is 1. The van der Waals surface area contributed by atoms with Gasteiger partial charge in [0.1, 0.15) is 11.2 Å². The van der Waals surface area contributed by atoms with Gasteiger partial charge >= 0.3 is 11.9 Å². The van der Waals surface area contributed by atoms with E-state index in [2.05, 4.69) is 15.0 Å². The third-order valence-electron chi connectivity index (χ3n) is 1.68. The Labute approximate surface area is 102 Å². The van der Waals surface area contributed by atoms with Gasteiger partial charge in [0.05, 0.1) is 24.1 Å². The maximum absolute atomic E-state index is 11.3. The highest BCUT2D eigenvalue weighted by Crippen LogP contribution is 2.16. The molecule has 0 saturated carbocycles. The molecule has 1 aromatic heterocycles. The van der Waals surface area contributed by atoms with Crippen LogP contribution < -0.4 is 5.32 Å². The van der Waals surface area contributed by atoms with Gasteiger partial charge in [0.25, 0.3) is 0 Å². The minimum absolute atomic E-state index is 0.0293. The molecule has 0 spiro atoms. The summed E-state index contributed by atoms with van der Waals surface area (Å²) >= 11 is 5.61. The Balaban J connectivity index is 2.79. The molecule has 0 aliphatic heterocycles. The molecule has 1 aromatic rings. The molecule has 1 rings (SSSR count). The van der Waals surface area contributed by atoms with Crippen LogP contribution in [-0.4, -0.2) is 23.5 Å². The van der Waals surface area contributed by atoms with Gasteiger partial charge in [-0.15, -0.1) is 0 Å². The van der Waals surface area contributed by atoms with E-state index in [9.17, 15) is 9.59 Å². The zero-order valence-electron chi connectivity index (χ0n) is 8.86. The van der Waals surface area contributed by atoms with E-state index in [1.807, 2.05) is 0 Å². The summed E-state index contributed by atoms with van der Waals surface area (Å²) < 4.78 is 4.49. The maximum atomic E-state index is 11.3. The van der Waals surface area contributed by atoms with Crippen LogP contribution in [0.1, 0.15) is 12.5 Å². The maximum Gasteiger partial charge on any atom is 0.397 e. The van der Waals surface area contributed by atoms with E-state index in [1.54, 1.807) is 13.0 Å². The zero-order valence-corrected chi connectivity index (χ0v) is 9.61. The van der Waals surface area contributed by atoms with Crippen LogP contribution in [0.5, 0.6) is 0 Å². The monoisotopic (exact) mass is 253 g/mol. The minimum atomic E-state index is -0.999. The van der Waals surface area contributed by atoms with E-state index in [-0.39, 0.29) is 23.0 Å². The number of aromatic nitrogens is 1. The van der Waals surface area contributed by atoms with Crippen molar-refractivity contribution >= 4 is 29.2 Å². The van der Waals surface area contributed by atoms with Gasteiger partial charge in [-0.05, 0) is 13.0 Å². The van der Waals surface area contributed by atoms with Crippen LogP contribution in [0.3, 0.4) is 0 Å². The van der Waals surface area contributed by atoms with Gasteiger partial charge < -0.3 is 10.1 Å². The first-order valence-corrected chi connectivity index (χ1v) is 5.00. The smallest absolute Gasteiger partial charge is 0.397 e. The number of hydrogen-bond acceptors (Lipinski definition) is 5. The van der Waals surface area contributed by atoms with Gasteiger partial charge in [0.15, 0.2) is 0 Å². The molecular formula is C10H8ClN3O3. The number of nitrogens with zero attached hydrogens (tertiary/aromatic N) is 2. The molecule has 0 aliphatic rings. The van der Waals surface area contributed by atoms with Crippen LogP contribution in [0.4, 0.5) is 5.69 Å². The van der Waals surface area contributed by atoms with Crippen LogP contribution >= 0.6 is 11.6 Å². The summed E-state index contributed by atoms with van der Waals surface area (Å²) in [6.07, 6.45) is 1.24. The van der Waals surface area contributed by atoms with E-state index in [0.717, 1.165) is 0 Å². The lowest BCUT2D eigenvalue weighted by Gasteiger charge is -2.04. The zero-order chi connectivity index (χ0) is 12.8. The summed E-state index contributed by atoms with van der Waals surface area (Å²) in [5.41, 5.74) is 0.303. The summed E-state index contributed by atoms with van der Waals surface area (Å²) in [4.78, 5) is 26.0. The molecule has 0 radical (unpaired) electrons. The second-order valence-electron chi connectivity index (χ2n) is 2.85. The predicted octanol–water partition coefficient (Wildman–Crippen LogP) is 1.11. The van der Waals surface area contributed by atoms with Crippen molar-refractivity contribution in [2.75, 3.05) is 11.9 Å². The normalized spacial score (nSPS) is 9.24. The fourth-order valence-corrected chi connectivity index (χ4v) is 1.12. The van der Waals surface area contributed by atoms with Gasteiger partial charge in [0, 0.05) is 0 Å². The molecule has 0 fully saturated rings. The fourth-order valence-electron chi connectivity index (χ4n) is 0.974. The van der Waals surface area contributed by atoms with Gasteiger partial charge in [-0.25, -0.2) is 9.78 Å². The van der Waals surface area contributed by atoms with E-state index in [0.29, 0.717) is 0 Å². The van der Waals surface area contributed by atoms with Crippen LogP contribution in [0.25, 0.3) is 0 Å². The van der Waals surface area contributed by atoms with Crippen molar-refractivity contribution in [3.63, 3.8) is 0 Å². The van der Waals surface area contributed by atoms with Gasteiger partial charge in [-0.1, -0.05) is 11.6 Å². The topological polar surface area (TPSA) is 92.1 Å². The Bertz CT molecular complexity index is 496. The number of carbonyl (C=O) groups excluding carboxylic acids is 2. The van der Waals surface area contributed by atoms with E-state index >= 15 is 0 Å². The number of pyridine rings is 1. The fraction of sp³-hybridized carbons (Fsp3) is 0.200. The predicted molar refractivity (Wildman–Crippen MR) is 59.2 cm³/mol. The molecule has 17 heavy (non-hydrogen) atoms. The van der Waals surface area contributed by atoms with Gasteiger partial charge in [-0.3, -0.25) is 4.79 Å². The van der Waals surface area contributed by atoms with Crippen molar-refractivity contribution in [1.29, 1.82) is 5.26 Å². The summed E-state index contributed by atoms with van der Waals surface area (Å²) in [7, 11) is 0. The van der Waals surface area contributed by atoms with Crippen molar-refractivity contribution in [2.45, 2.75) is 6.92 Å². The summed E-state index contributed by atoms with van der Waals surface area (Å²) in [6, 6.07) is 3.11.